The summed E-state index contributed by atoms with van der Waals surface area (Å²) < 4.78 is 0. The Morgan fingerprint density at radius 1 is 1.50 bits per heavy atom. The molecular formula is C9H20N2S. The van der Waals surface area contributed by atoms with Crippen LogP contribution in [0.1, 0.15) is 0 Å². The van der Waals surface area contributed by atoms with Gasteiger partial charge in [-0.1, -0.05) is 6.08 Å². The summed E-state index contributed by atoms with van der Waals surface area (Å²) in [5.74, 6) is 1.22. The smallest absolute Gasteiger partial charge is 0.0132 e. The Morgan fingerprint density at radius 3 is 2.83 bits per heavy atom. The van der Waals surface area contributed by atoms with E-state index in [1.165, 1.54) is 12.3 Å². The normalized spacial score (nSPS) is 10.6. The van der Waals surface area contributed by atoms with Crippen LogP contribution in [0.4, 0.5) is 0 Å². The Hall–Kier alpha value is 0.0100. The highest BCUT2D eigenvalue weighted by atomic mass is 32.2. The largest absolute Gasteiger partial charge is 0.312 e. The number of nitrogens with zero attached hydrogens (tertiary/aromatic N) is 1. The molecule has 1 N–H and O–H groups in total. The molecule has 12 heavy (non-hydrogen) atoms. The van der Waals surface area contributed by atoms with Crippen LogP contribution in [-0.2, 0) is 0 Å². The molecule has 2 nitrogen and oxygen atoms in total. The zero-order valence-electron chi connectivity index (χ0n) is 8.18. The second-order valence-electron chi connectivity index (χ2n) is 2.79. The third-order valence-electron chi connectivity index (χ3n) is 1.64. The first-order valence-corrected chi connectivity index (χ1v) is 5.69. The van der Waals surface area contributed by atoms with Gasteiger partial charge in [0.15, 0.2) is 0 Å². The van der Waals surface area contributed by atoms with Gasteiger partial charge in [0, 0.05) is 31.9 Å². The van der Waals surface area contributed by atoms with E-state index in [4.69, 9.17) is 0 Å². The van der Waals surface area contributed by atoms with Crippen molar-refractivity contribution in [2.75, 3.05) is 45.2 Å². The Bertz CT molecular complexity index is 107. The molecule has 0 heterocycles. The van der Waals surface area contributed by atoms with Crippen LogP contribution in [0.15, 0.2) is 12.7 Å². The quantitative estimate of drug-likeness (QED) is 0.453. The van der Waals surface area contributed by atoms with Crippen molar-refractivity contribution < 1.29 is 0 Å². The molecule has 0 atom stereocenters. The summed E-state index contributed by atoms with van der Waals surface area (Å²) in [5, 5.41) is 3.28. The topological polar surface area (TPSA) is 15.3 Å². The molecular weight excluding hydrogens is 168 g/mol. The van der Waals surface area contributed by atoms with Crippen LogP contribution >= 0.6 is 11.8 Å². The Labute approximate surface area is 80.4 Å². The summed E-state index contributed by atoms with van der Waals surface area (Å²) in [6, 6.07) is 0. The minimum atomic E-state index is 0.913. The summed E-state index contributed by atoms with van der Waals surface area (Å²) in [6.07, 6.45) is 4.03. The first kappa shape index (κ1) is 12.0. The van der Waals surface area contributed by atoms with E-state index < -0.39 is 0 Å². The monoisotopic (exact) mass is 188 g/mol. The van der Waals surface area contributed by atoms with Crippen LogP contribution in [0.3, 0.4) is 0 Å². The van der Waals surface area contributed by atoms with Gasteiger partial charge in [-0.05, 0) is 13.3 Å². The molecule has 0 aliphatic heterocycles. The summed E-state index contributed by atoms with van der Waals surface area (Å²) in [5.41, 5.74) is 0. The van der Waals surface area contributed by atoms with E-state index in [1.807, 2.05) is 17.8 Å². The molecule has 0 spiro atoms. The lowest BCUT2D eigenvalue weighted by atomic mass is 10.5. The van der Waals surface area contributed by atoms with Crippen molar-refractivity contribution in [1.29, 1.82) is 0 Å². The molecule has 0 aromatic rings. The van der Waals surface area contributed by atoms with E-state index >= 15 is 0 Å². The molecule has 3 heteroatoms. The fourth-order valence-corrected chi connectivity index (χ4v) is 1.33. The van der Waals surface area contributed by atoms with E-state index in [2.05, 4.69) is 30.1 Å². The van der Waals surface area contributed by atoms with E-state index in [-0.39, 0.29) is 0 Å². The first-order valence-electron chi connectivity index (χ1n) is 4.30. The highest BCUT2D eigenvalue weighted by Crippen LogP contribution is 1.91. The lowest BCUT2D eigenvalue weighted by molar-refractivity contribution is 0.354. The van der Waals surface area contributed by atoms with Crippen molar-refractivity contribution in [3.8, 4) is 0 Å². The molecule has 0 unspecified atom stereocenters. The molecule has 0 radical (unpaired) electrons. The molecule has 0 aromatic carbocycles. The second-order valence-corrected chi connectivity index (χ2v) is 3.77. The molecule has 0 aromatic heterocycles. The number of likely N-dealkylation sites (N-methyl/N-ethyl adjacent to an activating group) is 1. The van der Waals surface area contributed by atoms with Gasteiger partial charge >= 0.3 is 0 Å². The Balaban J connectivity index is 3.07. The highest BCUT2D eigenvalue weighted by Gasteiger charge is 1.95. The van der Waals surface area contributed by atoms with Gasteiger partial charge in [0.1, 0.15) is 0 Å². The van der Waals surface area contributed by atoms with Crippen LogP contribution in [0.5, 0.6) is 0 Å². The molecule has 0 bridgehead atoms. The fourth-order valence-electron chi connectivity index (χ4n) is 0.833. The van der Waals surface area contributed by atoms with Crippen LogP contribution in [0.25, 0.3) is 0 Å². The van der Waals surface area contributed by atoms with Gasteiger partial charge in [0.2, 0.25) is 0 Å². The van der Waals surface area contributed by atoms with E-state index in [1.54, 1.807) is 0 Å². The van der Waals surface area contributed by atoms with Gasteiger partial charge in [-0.2, -0.15) is 11.8 Å². The van der Waals surface area contributed by atoms with Gasteiger partial charge in [-0.25, -0.2) is 0 Å². The van der Waals surface area contributed by atoms with Gasteiger partial charge in [0.05, 0.1) is 0 Å². The predicted octanol–water partition coefficient (Wildman–Crippen LogP) is 1.06. The van der Waals surface area contributed by atoms with Crippen LogP contribution < -0.4 is 5.32 Å². The van der Waals surface area contributed by atoms with Crippen molar-refractivity contribution in [3.63, 3.8) is 0 Å². The highest BCUT2D eigenvalue weighted by molar-refractivity contribution is 7.98. The minimum Gasteiger partial charge on any atom is -0.312 e. The maximum atomic E-state index is 3.65. The number of hydrogen-bond acceptors (Lipinski definition) is 3. The summed E-state index contributed by atoms with van der Waals surface area (Å²) in [4.78, 5) is 2.34. The van der Waals surface area contributed by atoms with Crippen molar-refractivity contribution in [2.24, 2.45) is 0 Å². The summed E-state index contributed by atoms with van der Waals surface area (Å²) >= 11 is 1.90. The van der Waals surface area contributed by atoms with Crippen LogP contribution in [0, 0.1) is 0 Å². The van der Waals surface area contributed by atoms with Gasteiger partial charge in [-0.15, -0.1) is 6.58 Å². The molecule has 0 fully saturated rings. The third kappa shape index (κ3) is 8.11. The Kier molecular flexibility index (Phi) is 9.11. The third-order valence-corrected chi connectivity index (χ3v) is 2.23. The number of hydrogen-bond donors (Lipinski definition) is 1. The standard InChI is InChI=1S/C9H20N2S/c1-4-5-10-6-7-11(2)8-9-12-3/h4,10H,1,5-9H2,2-3H3. The van der Waals surface area contributed by atoms with Gasteiger partial charge in [0.25, 0.3) is 0 Å². The second kappa shape index (κ2) is 9.10. The van der Waals surface area contributed by atoms with Crippen molar-refractivity contribution in [1.82, 2.24) is 10.2 Å². The fraction of sp³-hybridized carbons (Fsp3) is 0.778. The van der Waals surface area contributed by atoms with Crippen molar-refractivity contribution >= 4 is 11.8 Å². The van der Waals surface area contributed by atoms with Gasteiger partial charge in [-0.3, -0.25) is 0 Å². The Morgan fingerprint density at radius 2 is 2.25 bits per heavy atom. The lowest BCUT2D eigenvalue weighted by Crippen LogP contribution is -2.30. The predicted molar refractivity (Wildman–Crippen MR) is 58.9 cm³/mol. The van der Waals surface area contributed by atoms with Crippen LogP contribution in [0.2, 0.25) is 0 Å². The van der Waals surface area contributed by atoms with Gasteiger partial charge < -0.3 is 10.2 Å². The number of rotatable bonds is 8. The zero-order valence-corrected chi connectivity index (χ0v) is 8.99. The molecule has 0 amide bonds. The average Bonchev–Trinajstić information content (AvgIpc) is 2.09. The van der Waals surface area contributed by atoms with Crippen molar-refractivity contribution in [3.05, 3.63) is 12.7 Å². The zero-order chi connectivity index (χ0) is 9.23. The van der Waals surface area contributed by atoms with Crippen molar-refractivity contribution in [2.45, 2.75) is 0 Å². The molecule has 0 aliphatic carbocycles. The SMILES string of the molecule is C=CCNCCN(C)CCSC. The maximum absolute atomic E-state index is 3.65. The maximum Gasteiger partial charge on any atom is 0.0132 e. The summed E-state index contributed by atoms with van der Waals surface area (Å²) in [7, 11) is 2.16. The molecule has 0 aliphatic rings. The van der Waals surface area contributed by atoms with E-state index in [9.17, 15) is 0 Å². The lowest BCUT2D eigenvalue weighted by Gasteiger charge is -2.15. The minimum absolute atomic E-state index is 0.913. The molecule has 0 saturated heterocycles. The van der Waals surface area contributed by atoms with E-state index in [0.29, 0.717) is 0 Å². The average molecular weight is 188 g/mol. The molecule has 0 saturated carbocycles. The first-order chi connectivity index (χ1) is 5.81. The summed E-state index contributed by atoms with van der Waals surface area (Å²) in [6.45, 7) is 7.91. The number of nitrogens with one attached hydrogen (secondary N) is 1. The molecule has 72 valence electrons. The van der Waals surface area contributed by atoms with Crippen LogP contribution in [-0.4, -0.2) is 50.1 Å². The number of thioether (sulfide) groups is 1. The molecule has 0 rings (SSSR count). The van der Waals surface area contributed by atoms with E-state index in [0.717, 1.165) is 19.6 Å².